The summed E-state index contributed by atoms with van der Waals surface area (Å²) in [6, 6.07) is 0.529. The summed E-state index contributed by atoms with van der Waals surface area (Å²) in [6.07, 6.45) is 2.48. The van der Waals surface area contributed by atoms with Gasteiger partial charge in [-0.05, 0) is 19.8 Å². The van der Waals surface area contributed by atoms with E-state index in [0.717, 1.165) is 29.7 Å². The van der Waals surface area contributed by atoms with Crippen molar-refractivity contribution in [1.82, 2.24) is 14.9 Å². The second kappa shape index (κ2) is 5.48. The van der Waals surface area contributed by atoms with Crippen molar-refractivity contribution >= 4 is 17.2 Å². The number of amides is 1. The Hall–Kier alpha value is -1.89. The minimum Gasteiger partial charge on any atom is -0.328 e. The summed E-state index contributed by atoms with van der Waals surface area (Å²) in [4.78, 5) is 22.0. The van der Waals surface area contributed by atoms with Crippen molar-refractivity contribution < 1.29 is 13.6 Å². The fourth-order valence-electron chi connectivity index (χ4n) is 2.50. The molecule has 0 bridgehead atoms. The number of pyridine rings is 1. The molecule has 1 amide bonds. The molecule has 1 fully saturated rings. The van der Waals surface area contributed by atoms with Gasteiger partial charge in [0.15, 0.2) is 11.5 Å². The largest absolute Gasteiger partial charge is 0.328 e. The van der Waals surface area contributed by atoms with Gasteiger partial charge in [-0.15, -0.1) is 11.3 Å². The lowest BCUT2D eigenvalue weighted by Gasteiger charge is -2.22. The van der Waals surface area contributed by atoms with E-state index in [0.29, 0.717) is 12.6 Å². The minimum atomic E-state index is -0.930. The molecule has 0 saturated carbocycles. The lowest BCUT2D eigenvalue weighted by Crippen LogP contribution is -2.32. The average Bonchev–Trinajstić information content (AvgIpc) is 3.06. The van der Waals surface area contributed by atoms with Crippen molar-refractivity contribution in [2.45, 2.75) is 25.8 Å². The van der Waals surface area contributed by atoms with Gasteiger partial charge in [0.05, 0.1) is 12.2 Å². The number of nitrogens with zero attached hydrogens (tertiary/aromatic N) is 3. The lowest BCUT2D eigenvalue weighted by molar-refractivity contribution is 0.0724. The maximum atomic E-state index is 13.7. The first-order valence-electron chi connectivity index (χ1n) is 6.60. The van der Waals surface area contributed by atoms with Gasteiger partial charge < -0.3 is 4.90 Å². The zero-order valence-electron chi connectivity index (χ0n) is 11.3. The van der Waals surface area contributed by atoms with Gasteiger partial charge in [0.1, 0.15) is 10.8 Å². The van der Waals surface area contributed by atoms with Crippen molar-refractivity contribution in [3.05, 3.63) is 45.7 Å². The van der Waals surface area contributed by atoms with E-state index >= 15 is 0 Å². The highest BCUT2D eigenvalue weighted by Crippen LogP contribution is 2.34. The second-order valence-electron chi connectivity index (χ2n) is 4.97. The van der Waals surface area contributed by atoms with Crippen LogP contribution in [0.1, 0.15) is 40.1 Å². The molecule has 1 aliphatic heterocycles. The first kappa shape index (κ1) is 14.1. The predicted molar refractivity (Wildman–Crippen MR) is 74.0 cm³/mol. The second-order valence-corrected chi connectivity index (χ2v) is 5.86. The van der Waals surface area contributed by atoms with Crippen LogP contribution in [-0.2, 0) is 0 Å². The van der Waals surface area contributed by atoms with Crippen molar-refractivity contribution in [2.75, 3.05) is 6.54 Å². The number of carbonyl (C=O) groups is 1. The van der Waals surface area contributed by atoms with Gasteiger partial charge in [0.2, 0.25) is 0 Å². The van der Waals surface area contributed by atoms with E-state index in [1.54, 1.807) is 4.90 Å². The number of thiazole rings is 1. The van der Waals surface area contributed by atoms with Crippen LogP contribution in [0, 0.1) is 18.6 Å². The van der Waals surface area contributed by atoms with Crippen molar-refractivity contribution in [2.24, 2.45) is 0 Å². The molecule has 4 nitrogen and oxygen atoms in total. The quantitative estimate of drug-likeness (QED) is 0.856. The Morgan fingerprint density at radius 3 is 2.95 bits per heavy atom. The molecule has 2 aromatic rings. The van der Waals surface area contributed by atoms with Gasteiger partial charge in [-0.1, -0.05) is 0 Å². The molecule has 3 rings (SSSR count). The molecule has 2 aromatic heterocycles. The highest BCUT2D eigenvalue weighted by Gasteiger charge is 2.34. The van der Waals surface area contributed by atoms with Gasteiger partial charge >= 0.3 is 0 Å². The van der Waals surface area contributed by atoms with Gasteiger partial charge in [-0.2, -0.15) is 0 Å². The molecule has 0 N–H and O–H groups in total. The molecule has 110 valence electrons. The van der Waals surface area contributed by atoms with E-state index in [1.165, 1.54) is 11.3 Å². The zero-order valence-corrected chi connectivity index (χ0v) is 12.2. The normalized spacial score (nSPS) is 18.2. The lowest BCUT2D eigenvalue weighted by atomic mass is 10.2. The molecule has 3 heterocycles. The van der Waals surface area contributed by atoms with Crippen molar-refractivity contribution in [1.29, 1.82) is 0 Å². The van der Waals surface area contributed by atoms with E-state index in [-0.39, 0.29) is 11.7 Å². The van der Waals surface area contributed by atoms with Gasteiger partial charge in [-0.3, -0.25) is 4.79 Å². The standard InChI is InChI=1S/C14H13F2N3OS/c1-8-7-21-13(18-8)11-3-2-4-19(11)14(20)12-10(16)5-9(15)6-17-12/h5-7,11H,2-4H2,1H3. The Kier molecular flexibility index (Phi) is 3.67. The summed E-state index contributed by atoms with van der Waals surface area (Å²) in [5.41, 5.74) is 0.567. The number of aryl methyl sites for hydroxylation is 1. The molecule has 0 spiro atoms. The smallest absolute Gasteiger partial charge is 0.276 e. The molecule has 1 unspecified atom stereocenters. The Balaban J connectivity index is 1.89. The van der Waals surface area contributed by atoms with Crippen LogP contribution in [0.5, 0.6) is 0 Å². The topological polar surface area (TPSA) is 46.1 Å². The average molecular weight is 309 g/mol. The molecular weight excluding hydrogens is 296 g/mol. The third-order valence-corrected chi connectivity index (χ3v) is 4.51. The van der Waals surface area contributed by atoms with Crippen LogP contribution in [-0.4, -0.2) is 27.3 Å². The first-order valence-corrected chi connectivity index (χ1v) is 7.48. The van der Waals surface area contributed by atoms with E-state index in [1.807, 2.05) is 12.3 Å². The maximum Gasteiger partial charge on any atom is 0.276 e. The van der Waals surface area contributed by atoms with E-state index in [4.69, 9.17) is 0 Å². The van der Waals surface area contributed by atoms with Crippen LogP contribution in [0.15, 0.2) is 17.6 Å². The fourth-order valence-corrected chi connectivity index (χ4v) is 3.44. The molecule has 1 saturated heterocycles. The van der Waals surface area contributed by atoms with Crippen LogP contribution in [0.2, 0.25) is 0 Å². The predicted octanol–water partition coefficient (Wildman–Crippen LogP) is 3.10. The van der Waals surface area contributed by atoms with E-state index in [9.17, 15) is 13.6 Å². The number of hydrogen-bond donors (Lipinski definition) is 0. The Bertz CT molecular complexity index is 689. The van der Waals surface area contributed by atoms with Gasteiger partial charge in [0.25, 0.3) is 5.91 Å². The summed E-state index contributed by atoms with van der Waals surface area (Å²) in [7, 11) is 0. The third-order valence-electron chi connectivity index (χ3n) is 3.45. The Labute approximate surface area is 124 Å². The maximum absolute atomic E-state index is 13.7. The van der Waals surface area contributed by atoms with E-state index < -0.39 is 17.5 Å². The van der Waals surface area contributed by atoms with E-state index in [2.05, 4.69) is 9.97 Å². The molecule has 7 heteroatoms. The van der Waals surface area contributed by atoms with Gasteiger partial charge in [-0.25, -0.2) is 18.7 Å². The molecular formula is C14H13F2N3OS. The number of carbonyl (C=O) groups excluding carboxylic acids is 1. The SMILES string of the molecule is Cc1csc(C2CCCN2C(=O)c2ncc(F)cc2F)n1. The zero-order chi connectivity index (χ0) is 15.0. The van der Waals surface area contributed by atoms with Crippen LogP contribution in [0.4, 0.5) is 8.78 Å². The number of aromatic nitrogens is 2. The van der Waals surface area contributed by atoms with Crippen LogP contribution < -0.4 is 0 Å². The van der Waals surface area contributed by atoms with Crippen molar-refractivity contribution in [3.63, 3.8) is 0 Å². The molecule has 0 aliphatic carbocycles. The fraction of sp³-hybridized carbons (Fsp3) is 0.357. The summed E-state index contributed by atoms with van der Waals surface area (Å²) >= 11 is 1.49. The molecule has 0 radical (unpaired) electrons. The van der Waals surface area contributed by atoms with Crippen LogP contribution in [0.3, 0.4) is 0 Å². The number of hydrogen-bond acceptors (Lipinski definition) is 4. The molecule has 21 heavy (non-hydrogen) atoms. The highest BCUT2D eigenvalue weighted by molar-refractivity contribution is 7.09. The van der Waals surface area contributed by atoms with Gasteiger partial charge in [0, 0.05) is 23.7 Å². The van der Waals surface area contributed by atoms with Crippen molar-refractivity contribution in [3.8, 4) is 0 Å². The Morgan fingerprint density at radius 2 is 2.29 bits per heavy atom. The molecule has 1 aliphatic rings. The first-order chi connectivity index (χ1) is 10.1. The summed E-state index contributed by atoms with van der Waals surface area (Å²) in [5, 5.41) is 2.77. The highest BCUT2D eigenvalue weighted by atomic mass is 32.1. The summed E-state index contributed by atoms with van der Waals surface area (Å²) in [5.74, 6) is -2.23. The Morgan fingerprint density at radius 1 is 1.48 bits per heavy atom. The third kappa shape index (κ3) is 2.65. The minimum absolute atomic E-state index is 0.151. The summed E-state index contributed by atoms with van der Waals surface area (Å²) < 4.78 is 26.6. The molecule has 0 aromatic carbocycles. The van der Waals surface area contributed by atoms with Crippen LogP contribution >= 0.6 is 11.3 Å². The monoisotopic (exact) mass is 309 g/mol. The molecule has 1 atom stereocenters. The number of likely N-dealkylation sites (tertiary alicyclic amines) is 1. The van der Waals surface area contributed by atoms with Crippen LogP contribution in [0.25, 0.3) is 0 Å². The number of rotatable bonds is 2. The number of halogens is 2. The summed E-state index contributed by atoms with van der Waals surface area (Å²) in [6.45, 7) is 2.42.